The quantitative estimate of drug-likeness (QED) is 0.639. The third kappa shape index (κ3) is 4.92. The zero-order chi connectivity index (χ0) is 20.2. The number of nitrogens with zero attached hydrogens (tertiary/aromatic N) is 4. The van der Waals surface area contributed by atoms with E-state index in [1.807, 2.05) is 0 Å². The summed E-state index contributed by atoms with van der Waals surface area (Å²) in [4.78, 5) is 9.07. The minimum atomic E-state index is -0.247. The van der Waals surface area contributed by atoms with Crippen molar-refractivity contribution in [2.75, 3.05) is 25.0 Å². The van der Waals surface area contributed by atoms with Crippen LogP contribution in [0.5, 0.6) is 5.75 Å². The van der Waals surface area contributed by atoms with E-state index in [1.165, 1.54) is 24.3 Å². The second-order valence-electron chi connectivity index (χ2n) is 7.60. The molecule has 0 atom stereocenters. The van der Waals surface area contributed by atoms with Crippen molar-refractivity contribution in [1.82, 2.24) is 15.0 Å². The van der Waals surface area contributed by atoms with Crippen LogP contribution in [0.2, 0.25) is 0 Å². The Morgan fingerprint density at radius 3 is 2.41 bits per heavy atom. The van der Waals surface area contributed by atoms with Gasteiger partial charge in [-0.05, 0) is 56.2 Å². The van der Waals surface area contributed by atoms with Crippen molar-refractivity contribution >= 4 is 6.01 Å². The van der Waals surface area contributed by atoms with E-state index in [2.05, 4.69) is 27.0 Å². The molecule has 0 spiro atoms. The van der Waals surface area contributed by atoms with Crippen LogP contribution >= 0.6 is 0 Å². The molecule has 6 nitrogen and oxygen atoms in total. The number of halogens is 1. The second kappa shape index (κ2) is 8.61. The summed E-state index contributed by atoms with van der Waals surface area (Å²) in [6.07, 6.45) is 2.50. The lowest BCUT2D eigenvalue weighted by Crippen LogP contribution is -2.43. The van der Waals surface area contributed by atoms with Gasteiger partial charge in [0, 0.05) is 19.0 Å². The van der Waals surface area contributed by atoms with Gasteiger partial charge in [-0.2, -0.15) is 4.98 Å². The number of hydrogen-bond donors (Lipinski definition) is 0. The van der Waals surface area contributed by atoms with Crippen molar-refractivity contribution in [1.29, 1.82) is 0 Å². The first kappa shape index (κ1) is 19.4. The minimum Gasteiger partial charge on any atom is -0.872 e. The molecule has 0 amide bonds. The molecule has 1 aliphatic heterocycles. The van der Waals surface area contributed by atoms with Crippen LogP contribution in [0.25, 0.3) is 0 Å². The lowest BCUT2D eigenvalue weighted by Gasteiger charge is -2.36. The standard InChI is InChI=1S/C22H25FN4O2/c1-26-12-10-19(11-13-26)27(15-17-2-6-18(23)7-3-17)22-24-21(25-29-22)14-16-4-8-20(28)9-5-16/h2-9,19,28H,10-15H2,1H3/p-1. The fourth-order valence-electron chi connectivity index (χ4n) is 3.67. The summed E-state index contributed by atoms with van der Waals surface area (Å²) in [6, 6.07) is 13.9. The highest BCUT2D eigenvalue weighted by Gasteiger charge is 2.27. The summed E-state index contributed by atoms with van der Waals surface area (Å²) in [6.45, 7) is 2.60. The highest BCUT2D eigenvalue weighted by Crippen LogP contribution is 2.25. The van der Waals surface area contributed by atoms with Crippen LogP contribution in [0.3, 0.4) is 0 Å². The summed E-state index contributed by atoms with van der Waals surface area (Å²) in [5.74, 6) is 0.315. The normalized spacial score (nSPS) is 15.5. The summed E-state index contributed by atoms with van der Waals surface area (Å²) in [5.41, 5.74) is 1.96. The molecule has 152 valence electrons. The summed E-state index contributed by atoms with van der Waals surface area (Å²) in [5, 5.41) is 15.4. The second-order valence-corrected chi connectivity index (χ2v) is 7.60. The van der Waals surface area contributed by atoms with Gasteiger partial charge in [0.25, 0.3) is 0 Å². The lowest BCUT2D eigenvalue weighted by atomic mass is 10.0. The molecule has 0 bridgehead atoms. The predicted molar refractivity (Wildman–Crippen MR) is 106 cm³/mol. The van der Waals surface area contributed by atoms with Gasteiger partial charge in [-0.3, -0.25) is 0 Å². The average Bonchev–Trinajstić information content (AvgIpc) is 3.18. The van der Waals surface area contributed by atoms with Crippen LogP contribution in [-0.2, 0) is 13.0 Å². The molecule has 2 aromatic carbocycles. The third-order valence-electron chi connectivity index (χ3n) is 5.38. The van der Waals surface area contributed by atoms with Crippen molar-refractivity contribution in [2.24, 2.45) is 0 Å². The molecule has 0 N–H and O–H groups in total. The van der Waals surface area contributed by atoms with Crippen molar-refractivity contribution in [3.8, 4) is 5.75 Å². The molecular formula is C22H24FN4O2-. The Morgan fingerprint density at radius 2 is 1.72 bits per heavy atom. The molecule has 0 unspecified atom stereocenters. The van der Waals surface area contributed by atoms with Gasteiger partial charge in [0.1, 0.15) is 5.82 Å². The Kier molecular flexibility index (Phi) is 5.76. The maximum atomic E-state index is 13.3. The largest absolute Gasteiger partial charge is 0.872 e. The molecule has 29 heavy (non-hydrogen) atoms. The number of piperidine rings is 1. The summed E-state index contributed by atoms with van der Waals surface area (Å²) in [7, 11) is 2.12. The Balaban J connectivity index is 1.54. The van der Waals surface area contributed by atoms with E-state index in [1.54, 1.807) is 24.3 Å². The molecule has 7 heteroatoms. The van der Waals surface area contributed by atoms with Crippen molar-refractivity contribution in [3.05, 3.63) is 71.3 Å². The van der Waals surface area contributed by atoms with E-state index in [9.17, 15) is 9.50 Å². The van der Waals surface area contributed by atoms with E-state index in [4.69, 9.17) is 4.52 Å². The Hall–Kier alpha value is -2.93. The first-order chi connectivity index (χ1) is 14.1. The maximum absolute atomic E-state index is 13.3. The molecule has 0 radical (unpaired) electrons. The van der Waals surface area contributed by atoms with Gasteiger partial charge in [0.15, 0.2) is 5.82 Å². The van der Waals surface area contributed by atoms with E-state index in [-0.39, 0.29) is 17.6 Å². The molecule has 1 saturated heterocycles. The molecule has 1 aromatic heterocycles. The number of hydrogen-bond acceptors (Lipinski definition) is 6. The predicted octanol–water partition coefficient (Wildman–Crippen LogP) is 2.97. The van der Waals surface area contributed by atoms with E-state index in [0.717, 1.165) is 37.1 Å². The van der Waals surface area contributed by atoms with Crippen molar-refractivity contribution in [2.45, 2.75) is 31.8 Å². The highest BCUT2D eigenvalue weighted by molar-refractivity contribution is 5.33. The first-order valence-corrected chi connectivity index (χ1v) is 9.85. The topological polar surface area (TPSA) is 68.5 Å². The monoisotopic (exact) mass is 395 g/mol. The first-order valence-electron chi connectivity index (χ1n) is 9.85. The number of rotatable bonds is 6. The summed E-state index contributed by atoms with van der Waals surface area (Å²) < 4.78 is 18.9. The zero-order valence-corrected chi connectivity index (χ0v) is 16.4. The smallest absolute Gasteiger partial charge is 0.324 e. The molecule has 3 aromatic rings. The molecule has 2 heterocycles. The van der Waals surface area contributed by atoms with Crippen molar-refractivity contribution < 1.29 is 14.0 Å². The number of benzene rings is 2. The van der Waals surface area contributed by atoms with Crippen LogP contribution in [0.4, 0.5) is 10.4 Å². The molecule has 1 fully saturated rings. The average molecular weight is 395 g/mol. The molecular weight excluding hydrogens is 371 g/mol. The van der Waals surface area contributed by atoms with Gasteiger partial charge >= 0.3 is 6.01 Å². The number of aromatic nitrogens is 2. The summed E-state index contributed by atoms with van der Waals surface area (Å²) >= 11 is 0. The molecule has 1 aliphatic rings. The Morgan fingerprint density at radius 1 is 1.07 bits per heavy atom. The van der Waals surface area contributed by atoms with Gasteiger partial charge in [0.05, 0.1) is 0 Å². The van der Waals surface area contributed by atoms with Crippen LogP contribution in [0.15, 0.2) is 53.1 Å². The van der Waals surface area contributed by atoms with E-state index in [0.29, 0.717) is 24.8 Å². The van der Waals surface area contributed by atoms with E-state index < -0.39 is 0 Å². The van der Waals surface area contributed by atoms with Crippen LogP contribution < -0.4 is 10.0 Å². The zero-order valence-electron chi connectivity index (χ0n) is 16.4. The fourth-order valence-corrected chi connectivity index (χ4v) is 3.67. The molecule has 0 saturated carbocycles. The third-order valence-corrected chi connectivity index (χ3v) is 5.38. The molecule has 4 rings (SSSR count). The minimum absolute atomic E-state index is 0.0182. The van der Waals surface area contributed by atoms with Crippen LogP contribution in [0.1, 0.15) is 29.8 Å². The van der Waals surface area contributed by atoms with Crippen LogP contribution in [-0.4, -0.2) is 41.2 Å². The lowest BCUT2D eigenvalue weighted by molar-refractivity contribution is -0.268. The molecule has 0 aliphatic carbocycles. The Labute approximate surface area is 169 Å². The number of likely N-dealkylation sites (tertiary alicyclic amines) is 1. The van der Waals surface area contributed by atoms with E-state index >= 15 is 0 Å². The van der Waals surface area contributed by atoms with Gasteiger partial charge in [-0.1, -0.05) is 41.6 Å². The van der Waals surface area contributed by atoms with Gasteiger partial charge < -0.3 is 19.4 Å². The Bertz CT molecular complexity index is 919. The van der Waals surface area contributed by atoms with Gasteiger partial charge in [-0.25, -0.2) is 4.39 Å². The van der Waals surface area contributed by atoms with Gasteiger partial charge in [-0.15, -0.1) is 5.75 Å². The van der Waals surface area contributed by atoms with Gasteiger partial charge in [0.2, 0.25) is 0 Å². The maximum Gasteiger partial charge on any atom is 0.324 e. The van der Waals surface area contributed by atoms with Crippen molar-refractivity contribution in [3.63, 3.8) is 0 Å². The van der Waals surface area contributed by atoms with Crippen LogP contribution in [0, 0.1) is 5.82 Å². The SMILES string of the molecule is CN1CCC(N(Cc2ccc(F)cc2)c2nc(Cc3ccc([O-])cc3)no2)CC1. The highest BCUT2D eigenvalue weighted by atomic mass is 19.1. The number of anilines is 1. The fraction of sp³-hybridized carbons (Fsp3) is 0.364.